The Morgan fingerprint density at radius 2 is 1.10 bits per heavy atom. The summed E-state index contributed by atoms with van der Waals surface area (Å²) in [6.07, 6.45) is 0. The van der Waals surface area contributed by atoms with Crippen LogP contribution >= 0.6 is 0 Å². The van der Waals surface area contributed by atoms with Gasteiger partial charge in [0.05, 0.1) is 0 Å². The van der Waals surface area contributed by atoms with Crippen LogP contribution in [0.25, 0.3) is 0 Å². The van der Waals surface area contributed by atoms with Crippen LogP contribution in [-0.2, 0) is 9.59 Å². The summed E-state index contributed by atoms with van der Waals surface area (Å²) in [5.74, 6) is -2.17. The predicted molar refractivity (Wildman–Crippen MR) is 35.1 cm³/mol. The van der Waals surface area contributed by atoms with Gasteiger partial charge >= 0.3 is 71.9 Å². The second kappa shape index (κ2) is 16.7. The minimum Gasteiger partial charge on any atom is -1.00 e. The summed E-state index contributed by atoms with van der Waals surface area (Å²) in [6.45, 7) is 1.94. The van der Waals surface area contributed by atoms with E-state index in [4.69, 9.17) is 19.8 Å². The standard InChI is InChI=1S/2C2H4O2.Ba.Mg.2H/c2*1-2(3)4;;;;/h2*1H3,(H,3,4);;;;/q;;2*+2;2*-1/p-2. The topological polar surface area (TPSA) is 80.3 Å². The van der Waals surface area contributed by atoms with Gasteiger partial charge in [-0.25, -0.2) is 0 Å². The van der Waals surface area contributed by atoms with E-state index in [1.54, 1.807) is 0 Å². The van der Waals surface area contributed by atoms with E-state index in [2.05, 4.69) is 0 Å². The van der Waals surface area contributed by atoms with Crippen molar-refractivity contribution in [2.24, 2.45) is 0 Å². The molecule has 0 aromatic rings. The summed E-state index contributed by atoms with van der Waals surface area (Å²) < 4.78 is 0. The van der Waals surface area contributed by atoms with E-state index < -0.39 is 11.9 Å². The van der Waals surface area contributed by atoms with Gasteiger partial charge in [0.2, 0.25) is 0 Å². The molecular formula is C4H8BaMgO4. The van der Waals surface area contributed by atoms with Crippen molar-refractivity contribution >= 4 is 83.9 Å². The van der Waals surface area contributed by atoms with Gasteiger partial charge in [-0.05, 0) is 13.8 Å². The minimum atomic E-state index is -1.08. The van der Waals surface area contributed by atoms with Gasteiger partial charge in [0.15, 0.2) is 0 Å². The molecule has 0 N–H and O–H groups in total. The van der Waals surface area contributed by atoms with E-state index in [-0.39, 0.29) is 74.8 Å². The Bertz CT molecular complexity index is 83.1. The zero-order chi connectivity index (χ0) is 7.15. The number of carbonyl (C=O) groups excluding carboxylic acids is 2. The van der Waals surface area contributed by atoms with Gasteiger partial charge in [0.1, 0.15) is 0 Å². The van der Waals surface area contributed by atoms with E-state index in [9.17, 15) is 0 Å². The van der Waals surface area contributed by atoms with Crippen LogP contribution in [0.4, 0.5) is 0 Å². The Balaban J connectivity index is -0.0000000112. The summed E-state index contributed by atoms with van der Waals surface area (Å²) in [6, 6.07) is 0. The smallest absolute Gasteiger partial charge is 1.00 e. The normalized spacial score (nSPS) is 5.00. The largest absolute Gasteiger partial charge is 2.00 e. The van der Waals surface area contributed by atoms with Gasteiger partial charge in [0, 0.05) is 11.9 Å². The third kappa shape index (κ3) is 389. The van der Waals surface area contributed by atoms with Crippen molar-refractivity contribution in [3.05, 3.63) is 0 Å². The molecule has 0 atom stereocenters. The number of hydrogen-bond acceptors (Lipinski definition) is 4. The average molecular weight is 282 g/mol. The van der Waals surface area contributed by atoms with Crippen molar-refractivity contribution in [1.82, 2.24) is 0 Å². The van der Waals surface area contributed by atoms with Crippen molar-refractivity contribution in [2.45, 2.75) is 13.8 Å². The Kier molecular flexibility index (Phi) is 37.6. The molecule has 0 heterocycles. The van der Waals surface area contributed by atoms with Crippen LogP contribution in [-0.4, -0.2) is 83.9 Å². The zero-order valence-electron chi connectivity index (χ0n) is 8.05. The van der Waals surface area contributed by atoms with E-state index >= 15 is 0 Å². The van der Waals surface area contributed by atoms with Crippen LogP contribution in [0.1, 0.15) is 16.7 Å². The SMILES string of the molecule is CC(=O)[O-].CC(=O)[O-].[Ba+2].[H-].[H-].[Mg+2]. The molecule has 0 bridgehead atoms. The van der Waals surface area contributed by atoms with E-state index in [1.807, 2.05) is 0 Å². The molecule has 6 heteroatoms. The Labute approximate surface area is 119 Å². The second-order valence-corrected chi connectivity index (χ2v) is 0.983. The molecule has 0 unspecified atom stereocenters. The summed E-state index contributed by atoms with van der Waals surface area (Å²) in [4.78, 5) is 17.8. The van der Waals surface area contributed by atoms with Gasteiger partial charge in [-0.2, -0.15) is 0 Å². The van der Waals surface area contributed by atoms with Crippen LogP contribution in [0.3, 0.4) is 0 Å². The molecular weight excluding hydrogens is 274 g/mol. The van der Waals surface area contributed by atoms with Crippen LogP contribution < -0.4 is 10.2 Å². The van der Waals surface area contributed by atoms with Crippen LogP contribution in [0, 0.1) is 0 Å². The molecule has 0 radical (unpaired) electrons. The maximum absolute atomic E-state index is 8.89. The predicted octanol–water partition coefficient (Wildman–Crippen LogP) is -3.02. The Morgan fingerprint density at radius 3 is 1.10 bits per heavy atom. The summed E-state index contributed by atoms with van der Waals surface area (Å²) in [7, 11) is 0. The first kappa shape index (κ1) is 22.5. The van der Waals surface area contributed by atoms with Gasteiger partial charge in [-0.3, -0.25) is 0 Å². The number of rotatable bonds is 0. The minimum absolute atomic E-state index is 0. The van der Waals surface area contributed by atoms with Crippen molar-refractivity contribution in [1.29, 1.82) is 0 Å². The zero-order valence-corrected chi connectivity index (χ0v) is 11.9. The molecule has 0 rings (SSSR count). The molecule has 0 aromatic carbocycles. The molecule has 0 aliphatic carbocycles. The van der Waals surface area contributed by atoms with E-state index in [1.165, 1.54) is 0 Å². The summed E-state index contributed by atoms with van der Waals surface area (Å²) >= 11 is 0. The van der Waals surface area contributed by atoms with Crippen LogP contribution in [0.2, 0.25) is 0 Å². The Hall–Kier alpha value is 1.28. The van der Waals surface area contributed by atoms with Crippen LogP contribution in [0.5, 0.6) is 0 Å². The molecule has 0 saturated heterocycles. The fourth-order valence-electron chi connectivity index (χ4n) is 0. The molecule has 0 aromatic heterocycles. The van der Waals surface area contributed by atoms with Crippen molar-refractivity contribution in [3.8, 4) is 0 Å². The van der Waals surface area contributed by atoms with Crippen LogP contribution in [0.15, 0.2) is 0 Å². The summed E-state index contributed by atoms with van der Waals surface area (Å²) in [5, 5.41) is 17.8. The van der Waals surface area contributed by atoms with Gasteiger partial charge < -0.3 is 22.7 Å². The number of carboxylic acids is 2. The molecule has 52 valence electrons. The molecule has 0 amide bonds. The van der Waals surface area contributed by atoms with Crippen molar-refractivity contribution < 1.29 is 22.7 Å². The fraction of sp³-hybridized carbons (Fsp3) is 0.500. The van der Waals surface area contributed by atoms with E-state index in [0.29, 0.717) is 0 Å². The van der Waals surface area contributed by atoms with Gasteiger partial charge in [-0.15, -0.1) is 0 Å². The molecule has 0 spiro atoms. The first-order valence-electron chi connectivity index (χ1n) is 1.82. The quantitative estimate of drug-likeness (QED) is 0.443. The number of hydrogen-bond donors (Lipinski definition) is 0. The maximum Gasteiger partial charge on any atom is 2.00 e. The molecule has 0 fully saturated rings. The molecule has 0 aliphatic heterocycles. The average Bonchev–Trinajstić information content (AvgIpc) is 1.25. The third-order valence-corrected chi connectivity index (χ3v) is 0. The summed E-state index contributed by atoms with van der Waals surface area (Å²) in [5.41, 5.74) is 0. The van der Waals surface area contributed by atoms with Crippen molar-refractivity contribution in [2.75, 3.05) is 0 Å². The van der Waals surface area contributed by atoms with Gasteiger partial charge in [0.25, 0.3) is 0 Å². The number of carboxylic acid groups (broad SMARTS) is 2. The first-order chi connectivity index (χ1) is 3.46. The molecule has 0 aliphatic rings. The number of carbonyl (C=O) groups is 2. The number of aliphatic carboxylic acids is 2. The van der Waals surface area contributed by atoms with Crippen molar-refractivity contribution in [3.63, 3.8) is 0 Å². The first-order valence-corrected chi connectivity index (χ1v) is 1.82. The molecule has 10 heavy (non-hydrogen) atoms. The second-order valence-electron chi connectivity index (χ2n) is 0.983. The van der Waals surface area contributed by atoms with E-state index in [0.717, 1.165) is 13.8 Å². The maximum atomic E-state index is 8.89. The third-order valence-electron chi connectivity index (χ3n) is 0. The monoisotopic (exact) mass is 282 g/mol. The fourth-order valence-corrected chi connectivity index (χ4v) is 0. The Morgan fingerprint density at radius 1 is 1.10 bits per heavy atom. The molecule has 4 nitrogen and oxygen atoms in total. The van der Waals surface area contributed by atoms with Gasteiger partial charge in [-0.1, -0.05) is 0 Å². The molecule has 0 saturated carbocycles.